The van der Waals surface area contributed by atoms with Crippen molar-refractivity contribution >= 4 is 5.91 Å². The highest BCUT2D eigenvalue weighted by molar-refractivity contribution is 5.86. The van der Waals surface area contributed by atoms with E-state index in [1.165, 1.54) is 6.07 Å². The lowest BCUT2D eigenvalue weighted by Crippen LogP contribution is -2.49. The first-order valence-electron chi connectivity index (χ1n) is 6.88. The van der Waals surface area contributed by atoms with Crippen LogP contribution in [0.2, 0.25) is 0 Å². The van der Waals surface area contributed by atoms with Crippen LogP contribution in [0, 0.1) is 5.82 Å². The molecule has 4 heteroatoms. The zero-order valence-electron chi connectivity index (χ0n) is 12.0. The minimum absolute atomic E-state index is 0.259. The quantitative estimate of drug-likeness (QED) is 0.886. The Morgan fingerprint density at radius 2 is 1.76 bits per heavy atom. The van der Waals surface area contributed by atoms with Crippen LogP contribution in [-0.2, 0) is 16.8 Å². The Hall–Kier alpha value is -2.20. The Bertz CT molecular complexity index is 611. The Morgan fingerprint density at radius 1 is 1.14 bits per heavy atom. The molecule has 2 aromatic rings. The van der Waals surface area contributed by atoms with Gasteiger partial charge in [-0.15, -0.1) is 0 Å². The molecule has 1 amide bonds. The van der Waals surface area contributed by atoms with Gasteiger partial charge < -0.3 is 11.1 Å². The van der Waals surface area contributed by atoms with E-state index >= 15 is 0 Å². The van der Waals surface area contributed by atoms with Crippen molar-refractivity contribution in [2.45, 2.75) is 18.9 Å². The van der Waals surface area contributed by atoms with Gasteiger partial charge in [0, 0.05) is 6.54 Å². The van der Waals surface area contributed by atoms with Crippen LogP contribution in [-0.4, -0.2) is 12.5 Å². The first-order chi connectivity index (χ1) is 10.0. The van der Waals surface area contributed by atoms with Gasteiger partial charge in [0.2, 0.25) is 5.91 Å². The van der Waals surface area contributed by atoms with Gasteiger partial charge in [-0.2, -0.15) is 0 Å². The summed E-state index contributed by atoms with van der Waals surface area (Å²) in [5.41, 5.74) is 6.33. The fraction of sp³-hybridized carbons (Fsp3) is 0.235. The SMILES string of the molecule is CC(N)(C(=O)NCCc1ccccc1F)c1ccccc1. The number of amides is 1. The lowest BCUT2D eigenvalue weighted by Gasteiger charge is -2.24. The smallest absolute Gasteiger partial charge is 0.244 e. The molecule has 2 aromatic carbocycles. The van der Waals surface area contributed by atoms with Crippen molar-refractivity contribution in [1.82, 2.24) is 5.32 Å². The molecule has 0 saturated heterocycles. The third-order valence-corrected chi connectivity index (χ3v) is 3.48. The number of halogens is 1. The van der Waals surface area contributed by atoms with Crippen LogP contribution in [0.3, 0.4) is 0 Å². The average molecular weight is 286 g/mol. The van der Waals surface area contributed by atoms with E-state index in [4.69, 9.17) is 5.73 Å². The molecule has 0 aliphatic rings. The summed E-state index contributed by atoms with van der Waals surface area (Å²) < 4.78 is 13.5. The van der Waals surface area contributed by atoms with E-state index in [9.17, 15) is 9.18 Å². The summed E-state index contributed by atoms with van der Waals surface area (Å²) >= 11 is 0. The number of hydrogen-bond donors (Lipinski definition) is 2. The molecule has 3 N–H and O–H groups in total. The third kappa shape index (κ3) is 3.67. The lowest BCUT2D eigenvalue weighted by atomic mass is 9.92. The number of carbonyl (C=O) groups is 1. The normalized spacial score (nSPS) is 13.5. The van der Waals surface area contributed by atoms with Gasteiger partial charge in [-0.3, -0.25) is 4.79 Å². The van der Waals surface area contributed by atoms with Gasteiger partial charge in [0.25, 0.3) is 0 Å². The van der Waals surface area contributed by atoms with Crippen LogP contribution >= 0.6 is 0 Å². The zero-order valence-corrected chi connectivity index (χ0v) is 12.0. The van der Waals surface area contributed by atoms with Gasteiger partial charge in [-0.25, -0.2) is 4.39 Å². The second-order valence-corrected chi connectivity index (χ2v) is 5.17. The number of nitrogens with two attached hydrogens (primary N) is 1. The second kappa shape index (κ2) is 6.50. The standard InChI is InChI=1S/C17H19FN2O/c1-17(19,14-8-3-2-4-9-14)16(21)20-12-11-13-7-5-6-10-15(13)18/h2-10H,11-12,19H2,1H3,(H,20,21). The predicted molar refractivity (Wildman–Crippen MR) is 81.1 cm³/mol. The molecule has 1 unspecified atom stereocenters. The minimum atomic E-state index is -1.10. The number of nitrogens with one attached hydrogen (secondary N) is 1. The van der Waals surface area contributed by atoms with E-state index < -0.39 is 5.54 Å². The Kier molecular flexibility index (Phi) is 4.70. The van der Waals surface area contributed by atoms with Crippen LogP contribution in [0.5, 0.6) is 0 Å². The highest BCUT2D eigenvalue weighted by Gasteiger charge is 2.29. The number of rotatable bonds is 5. The summed E-state index contributed by atoms with van der Waals surface area (Å²) in [6.07, 6.45) is 0.434. The molecular formula is C17H19FN2O. The monoisotopic (exact) mass is 286 g/mol. The minimum Gasteiger partial charge on any atom is -0.354 e. The molecule has 0 saturated carbocycles. The summed E-state index contributed by atoms with van der Waals surface area (Å²) in [4.78, 5) is 12.2. The van der Waals surface area contributed by atoms with Gasteiger partial charge in [-0.1, -0.05) is 48.5 Å². The van der Waals surface area contributed by atoms with Crippen molar-refractivity contribution in [3.63, 3.8) is 0 Å². The van der Waals surface area contributed by atoms with Crippen molar-refractivity contribution in [2.75, 3.05) is 6.54 Å². The third-order valence-electron chi connectivity index (χ3n) is 3.48. The molecule has 2 rings (SSSR count). The van der Waals surface area contributed by atoms with E-state index in [1.54, 1.807) is 25.1 Å². The summed E-state index contributed by atoms with van der Waals surface area (Å²) in [6, 6.07) is 15.7. The maximum absolute atomic E-state index is 13.5. The molecule has 0 aliphatic heterocycles. The topological polar surface area (TPSA) is 55.1 Å². The van der Waals surface area contributed by atoms with Crippen molar-refractivity contribution < 1.29 is 9.18 Å². The van der Waals surface area contributed by atoms with Crippen LogP contribution in [0.15, 0.2) is 54.6 Å². The highest BCUT2D eigenvalue weighted by Crippen LogP contribution is 2.17. The first kappa shape index (κ1) is 15.2. The van der Waals surface area contributed by atoms with Gasteiger partial charge in [0.1, 0.15) is 11.4 Å². The summed E-state index contributed by atoms with van der Waals surface area (Å²) in [5, 5.41) is 2.77. The number of carbonyl (C=O) groups excluding carboxylic acids is 1. The van der Waals surface area contributed by atoms with Crippen LogP contribution < -0.4 is 11.1 Å². The molecule has 0 aliphatic carbocycles. The molecule has 0 fully saturated rings. The average Bonchev–Trinajstić information content (AvgIpc) is 2.50. The fourth-order valence-corrected chi connectivity index (χ4v) is 2.11. The molecular weight excluding hydrogens is 267 g/mol. The highest BCUT2D eigenvalue weighted by atomic mass is 19.1. The molecule has 1 atom stereocenters. The van der Waals surface area contributed by atoms with Crippen molar-refractivity contribution in [1.29, 1.82) is 0 Å². The summed E-state index contributed by atoms with van der Waals surface area (Å²) in [7, 11) is 0. The predicted octanol–water partition coefficient (Wildman–Crippen LogP) is 2.36. The summed E-state index contributed by atoms with van der Waals surface area (Å²) in [6.45, 7) is 2.01. The van der Waals surface area contributed by atoms with E-state index in [1.807, 2.05) is 30.3 Å². The van der Waals surface area contributed by atoms with Crippen LogP contribution in [0.25, 0.3) is 0 Å². The van der Waals surface area contributed by atoms with Crippen molar-refractivity contribution in [2.24, 2.45) is 5.73 Å². The zero-order chi connectivity index (χ0) is 15.3. The van der Waals surface area contributed by atoms with E-state index in [0.29, 0.717) is 18.5 Å². The van der Waals surface area contributed by atoms with E-state index in [0.717, 1.165) is 5.56 Å². The molecule has 21 heavy (non-hydrogen) atoms. The van der Waals surface area contributed by atoms with Crippen molar-refractivity contribution in [3.8, 4) is 0 Å². The van der Waals surface area contributed by atoms with Crippen molar-refractivity contribution in [3.05, 3.63) is 71.5 Å². The maximum atomic E-state index is 13.5. The second-order valence-electron chi connectivity index (χ2n) is 5.17. The Balaban J connectivity index is 1.94. The largest absolute Gasteiger partial charge is 0.354 e. The van der Waals surface area contributed by atoms with E-state index in [2.05, 4.69) is 5.32 Å². The Morgan fingerprint density at radius 3 is 2.43 bits per heavy atom. The molecule has 0 spiro atoms. The van der Waals surface area contributed by atoms with Gasteiger partial charge in [0.05, 0.1) is 0 Å². The molecule has 0 bridgehead atoms. The van der Waals surface area contributed by atoms with Gasteiger partial charge in [-0.05, 0) is 30.5 Å². The Labute approximate surface area is 124 Å². The molecule has 0 radical (unpaired) electrons. The van der Waals surface area contributed by atoms with Gasteiger partial charge in [0.15, 0.2) is 0 Å². The molecule has 0 aromatic heterocycles. The molecule has 110 valence electrons. The lowest BCUT2D eigenvalue weighted by molar-refractivity contribution is -0.126. The first-order valence-corrected chi connectivity index (χ1v) is 6.88. The fourth-order valence-electron chi connectivity index (χ4n) is 2.11. The number of hydrogen-bond acceptors (Lipinski definition) is 2. The van der Waals surface area contributed by atoms with Gasteiger partial charge >= 0.3 is 0 Å². The van der Waals surface area contributed by atoms with Crippen LogP contribution in [0.4, 0.5) is 4.39 Å². The molecule has 0 heterocycles. The molecule has 3 nitrogen and oxygen atoms in total. The summed E-state index contributed by atoms with van der Waals surface area (Å²) in [5.74, 6) is -0.532. The number of benzene rings is 2. The van der Waals surface area contributed by atoms with Crippen LogP contribution in [0.1, 0.15) is 18.1 Å². The van der Waals surface area contributed by atoms with E-state index in [-0.39, 0.29) is 11.7 Å². The maximum Gasteiger partial charge on any atom is 0.244 e.